The largest absolute Gasteiger partial charge is 0.457 e. The van der Waals surface area contributed by atoms with Crippen molar-refractivity contribution in [3.05, 3.63) is 155 Å². The van der Waals surface area contributed by atoms with E-state index in [4.69, 9.17) is 4.74 Å². The lowest BCUT2D eigenvalue weighted by Gasteiger charge is -2.39. The molecule has 40 heavy (non-hydrogen) atoms. The lowest BCUT2D eigenvalue weighted by atomic mass is 9.67. The summed E-state index contributed by atoms with van der Waals surface area (Å²) in [5.74, 6) is 1.85. The second-order valence-electron chi connectivity index (χ2n) is 11.9. The summed E-state index contributed by atoms with van der Waals surface area (Å²) in [5.41, 5.74) is 11.2. The summed E-state index contributed by atoms with van der Waals surface area (Å²) in [5, 5.41) is 2.65. The van der Waals surface area contributed by atoms with Crippen LogP contribution >= 0.6 is 0 Å². The molecule has 192 valence electrons. The van der Waals surface area contributed by atoms with Crippen molar-refractivity contribution in [1.82, 2.24) is 0 Å². The van der Waals surface area contributed by atoms with Crippen molar-refractivity contribution in [3.8, 4) is 33.8 Å². The van der Waals surface area contributed by atoms with E-state index in [1.165, 1.54) is 60.8 Å². The molecule has 0 radical (unpaired) electrons. The summed E-state index contributed by atoms with van der Waals surface area (Å²) in [4.78, 5) is 0. The van der Waals surface area contributed by atoms with Crippen molar-refractivity contribution in [2.45, 2.75) is 31.6 Å². The van der Waals surface area contributed by atoms with Crippen molar-refractivity contribution in [2.75, 3.05) is 0 Å². The van der Waals surface area contributed by atoms with Gasteiger partial charge in [-0.15, -0.1) is 0 Å². The topological polar surface area (TPSA) is 9.23 Å². The molecule has 2 aliphatic rings. The number of fused-ring (bicyclic) bond motifs is 7. The van der Waals surface area contributed by atoms with Crippen LogP contribution in [0.25, 0.3) is 33.0 Å². The van der Waals surface area contributed by atoms with E-state index in [1.807, 2.05) is 0 Å². The Balaban J connectivity index is 1.37. The Morgan fingerprint density at radius 1 is 0.500 bits per heavy atom. The number of ether oxygens (including phenoxy) is 1. The fourth-order valence-corrected chi connectivity index (χ4v) is 7.43. The molecule has 0 N–H and O–H groups in total. The first kappa shape index (κ1) is 23.3. The molecule has 8 rings (SSSR count). The van der Waals surface area contributed by atoms with Gasteiger partial charge in [0.1, 0.15) is 11.5 Å². The van der Waals surface area contributed by atoms with Gasteiger partial charge >= 0.3 is 0 Å². The highest BCUT2D eigenvalue weighted by Gasteiger charge is 2.42. The van der Waals surface area contributed by atoms with Crippen LogP contribution in [-0.2, 0) is 10.8 Å². The molecule has 0 saturated heterocycles. The molecule has 1 aliphatic heterocycles. The van der Waals surface area contributed by atoms with Gasteiger partial charge in [0, 0.05) is 16.5 Å². The fourth-order valence-electron chi connectivity index (χ4n) is 7.43. The molecule has 0 bridgehead atoms. The van der Waals surface area contributed by atoms with E-state index in [0.717, 1.165) is 11.5 Å². The zero-order valence-corrected chi connectivity index (χ0v) is 23.0. The third-order valence-corrected chi connectivity index (χ3v) is 9.37. The Morgan fingerprint density at radius 3 is 2.10 bits per heavy atom. The van der Waals surface area contributed by atoms with Crippen molar-refractivity contribution < 1.29 is 4.74 Å². The van der Waals surface area contributed by atoms with E-state index in [2.05, 4.69) is 148 Å². The lowest BCUT2D eigenvalue weighted by Crippen LogP contribution is -2.30. The maximum Gasteiger partial charge on any atom is 0.132 e. The van der Waals surface area contributed by atoms with Gasteiger partial charge in [-0.3, -0.25) is 0 Å². The first-order chi connectivity index (χ1) is 19.5. The molecular weight excluding hydrogens is 484 g/mol. The molecule has 1 heterocycles. The zero-order chi connectivity index (χ0) is 27.1. The molecular formula is C39H30O. The van der Waals surface area contributed by atoms with Gasteiger partial charge in [-0.05, 0) is 74.8 Å². The van der Waals surface area contributed by atoms with Gasteiger partial charge in [0.15, 0.2) is 0 Å². The van der Waals surface area contributed by atoms with E-state index in [9.17, 15) is 0 Å². The third-order valence-electron chi connectivity index (χ3n) is 9.37. The Bertz CT molecular complexity index is 1960. The van der Waals surface area contributed by atoms with Gasteiger partial charge in [0.05, 0.1) is 5.41 Å². The minimum absolute atomic E-state index is 0.109. The second-order valence-corrected chi connectivity index (χ2v) is 11.9. The Labute approximate surface area is 235 Å². The van der Waals surface area contributed by atoms with Crippen LogP contribution in [0.5, 0.6) is 11.5 Å². The van der Waals surface area contributed by atoms with Crippen LogP contribution in [0.3, 0.4) is 0 Å². The van der Waals surface area contributed by atoms with Crippen LogP contribution in [0, 0.1) is 0 Å². The lowest BCUT2D eigenvalue weighted by molar-refractivity contribution is 0.428. The van der Waals surface area contributed by atoms with Gasteiger partial charge in [-0.25, -0.2) is 0 Å². The van der Waals surface area contributed by atoms with E-state index in [1.54, 1.807) is 0 Å². The minimum Gasteiger partial charge on any atom is -0.457 e. The maximum absolute atomic E-state index is 6.59. The minimum atomic E-state index is -0.365. The average molecular weight is 515 g/mol. The molecule has 0 aromatic heterocycles. The van der Waals surface area contributed by atoms with Gasteiger partial charge in [-0.2, -0.15) is 0 Å². The highest BCUT2D eigenvalue weighted by Crippen LogP contribution is 2.56. The first-order valence-electron chi connectivity index (χ1n) is 14.1. The quantitative estimate of drug-likeness (QED) is 0.223. The summed E-state index contributed by atoms with van der Waals surface area (Å²) in [7, 11) is 0. The molecule has 6 aromatic rings. The highest BCUT2D eigenvalue weighted by atomic mass is 16.5. The first-order valence-corrected chi connectivity index (χ1v) is 14.1. The smallest absolute Gasteiger partial charge is 0.132 e. The van der Waals surface area contributed by atoms with Crippen molar-refractivity contribution >= 4 is 10.8 Å². The molecule has 1 atom stereocenters. The second kappa shape index (κ2) is 8.19. The Hall–Kier alpha value is -4.62. The van der Waals surface area contributed by atoms with Crippen LogP contribution in [0.2, 0.25) is 0 Å². The monoisotopic (exact) mass is 514 g/mol. The van der Waals surface area contributed by atoms with Crippen molar-refractivity contribution in [1.29, 1.82) is 0 Å². The molecule has 0 amide bonds. The van der Waals surface area contributed by atoms with Crippen LogP contribution in [0.15, 0.2) is 127 Å². The van der Waals surface area contributed by atoms with Gasteiger partial charge < -0.3 is 4.74 Å². The maximum atomic E-state index is 6.59. The van der Waals surface area contributed by atoms with Crippen molar-refractivity contribution in [2.24, 2.45) is 0 Å². The predicted octanol–water partition coefficient (Wildman–Crippen LogP) is 10.3. The van der Waals surface area contributed by atoms with Crippen LogP contribution < -0.4 is 4.74 Å². The summed E-state index contributed by atoms with van der Waals surface area (Å²) >= 11 is 0. The molecule has 0 saturated carbocycles. The normalized spacial score (nSPS) is 17.9. The van der Waals surface area contributed by atoms with Crippen molar-refractivity contribution in [3.63, 3.8) is 0 Å². The van der Waals surface area contributed by atoms with Gasteiger partial charge in [-0.1, -0.05) is 123 Å². The summed E-state index contributed by atoms with van der Waals surface area (Å²) in [6, 6.07) is 46.3. The molecule has 0 fully saturated rings. The van der Waals surface area contributed by atoms with Gasteiger partial charge in [0.25, 0.3) is 0 Å². The molecule has 0 spiro atoms. The summed E-state index contributed by atoms with van der Waals surface area (Å²) < 4.78 is 6.59. The number of para-hydroxylation sites is 1. The summed E-state index contributed by atoms with van der Waals surface area (Å²) in [6.07, 6.45) is 0. The van der Waals surface area contributed by atoms with Crippen LogP contribution in [0.4, 0.5) is 0 Å². The number of benzene rings is 6. The Kier molecular flexibility index (Phi) is 4.77. The Morgan fingerprint density at radius 2 is 1.23 bits per heavy atom. The summed E-state index contributed by atoms with van der Waals surface area (Å²) in [6.45, 7) is 7.11. The highest BCUT2D eigenvalue weighted by molar-refractivity contribution is 5.98. The van der Waals surface area contributed by atoms with Gasteiger partial charge in [0.2, 0.25) is 0 Å². The van der Waals surface area contributed by atoms with Crippen LogP contribution in [0.1, 0.15) is 48.6 Å². The molecule has 1 heteroatoms. The number of rotatable bonds is 2. The van der Waals surface area contributed by atoms with Crippen LogP contribution in [-0.4, -0.2) is 0 Å². The molecule has 6 aromatic carbocycles. The standard InChI is InChI=1S/C39H30O/c1-38(2)33-24-26(21-22-30(33)31-23-20-25-12-7-8-15-28(25)36(31)38)29-16-11-19-35-37(29)39(3,27-13-5-4-6-14-27)32-17-9-10-18-34(32)40-35/h4-24H,1-3H3. The zero-order valence-electron chi connectivity index (χ0n) is 23.0. The predicted molar refractivity (Wildman–Crippen MR) is 165 cm³/mol. The molecule has 1 aliphatic carbocycles. The fraction of sp³-hybridized carbons (Fsp3) is 0.128. The van der Waals surface area contributed by atoms with E-state index < -0.39 is 0 Å². The van der Waals surface area contributed by atoms with E-state index >= 15 is 0 Å². The SMILES string of the molecule is CC1(C)c2cc(-c3cccc4c3C(C)(c3ccccc3)c3ccccc3O4)ccc2-c2ccc3ccccc3c21. The van der Waals surface area contributed by atoms with E-state index in [0.29, 0.717) is 0 Å². The van der Waals surface area contributed by atoms with E-state index in [-0.39, 0.29) is 10.8 Å². The number of hydrogen-bond donors (Lipinski definition) is 0. The number of hydrogen-bond acceptors (Lipinski definition) is 1. The molecule has 1 unspecified atom stereocenters. The average Bonchev–Trinajstić information content (AvgIpc) is 3.23. The molecule has 1 nitrogen and oxygen atoms in total. The third kappa shape index (κ3) is 3.04.